The molecule has 1 aromatic carbocycles. The largest absolute Gasteiger partial charge is 0.342 e. The lowest BCUT2D eigenvalue weighted by Crippen LogP contribution is -2.39. The monoisotopic (exact) mass is 295 g/mol. The molecule has 0 unspecified atom stereocenters. The van der Waals surface area contributed by atoms with E-state index in [0.717, 1.165) is 36.0 Å². The summed E-state index contributed by atoms with van der Waals surface area (Å²) in [6.45, 7) is 5.67. The number of carbonyl (C=O) groups is 1. The molecule has 1 aromatic rings. The topological polar surface area (TPSA) is 20.3 Å². The van der Waals surface area contributed by atoms with Crippen LogP contribution in [0.25, 0.3) is 0 Å². The van der Waals surface area contributed by atoms with Crippen LogP contribution in [0.15, 0.2) is 28.7 Å². The van der Waals surface area contributed by atoms with Gasteiger partial charge in [-0.05, 0) is 44.4 Å². The fourth-order valence-corrected chi connectivity index (χ4v) is 2.75. The first-order valence-electron chi connectivity index (χ1n) is 6.19. The average molecular weight is 296 g/mol. The average Bonchev–Trinajstić information content (AvgIpc) is 3.11. The summed E-state index contributed by atoms with van der Waals surface area (Å²) in [5.74, 6) is 0.292. The molecule has 1 saturated carbocycles. The molecule has 0 N–H and O–H groups in total. The van der Waals surface area contributed by atoms with E-state index < -0.39 is 0 Å². The Labute approximate surface area is 111 Å². The van der Waals surface area contributed by atoms with Crippen LogP contribution in [0.3, 0.4) is 0 Å². The zero-order valence-corrected chi connectivity index (χ0v) is 12.0. The molecule has 0 atom stereocenters. The van der Waals surface area contributed by atoms with Crippen LogP contribution in [0, 0.1) is 0 Å². The molecule has 17 heavy (non-hydrogen) atoms. The van der Waals surface area contributed by atoms with Crippen molar-refractivity contribution in [2.75, 3.05) is 13.1 Å². The van der Waals surface area contributed by atoms with Gasteiger partial charge in [-0.15, -0.1) is 0 Å². The zero-order chi connectivity index (χ0) is 12.5. The van der Waals surface area contributed by atoms with E-state index in [4.69, 9.17) is 0 Å². The Morgan fingerprint density at radius 1 is 1.35 bits per heavy atom. The highest BCUT2D eigenvalue weighted by molar-refractivity contribution is 9.10. The Morgan fingerprint density at radius 2 is 2.00 bits per heavy atom. The Kier molecular flexibility index (Phi) is 3.57. The molecule has 1 aliphatic rings. The van der Waals surface area contributed by atoms with Gasteiger partial charge in [0.15, 0.2) is 0 Å². The Bertz CT molecular complexity index is 422. The van der Waals surface area contributed by atoms with E-state index >= 15 is 0 Å². The van der Waals surface area contributed by atoms with Crippen molar-refractivity contribution in [3.8, 4) is 0 Å². The van der Waals surface area contributed by atoms with Gasteiger partial charge in [0.05, 0.1) is 5.41 Å². The number of rotatable bonds is 4. The second-order valence-corrected chi connectivity index (χ2v) is 5.49. The third-order valence-corrected chi connectivity index (χ3v) is 4.08. The Hall–Kier alpha value is -0.830. The maximum absolute atomic E-state index is 12.5. The summed E-state index contributed by atoms with van der Waals surface area (Å²) >= 11 is 3.48. The lowest BCUT2D eigenvalue weighted by Gasteiger charge is -2.25. The maximum atomic E-state index is 12.5. The summed E-state index contributed by atoms with van der Waals surface area (Å²) in [5.41, 5.74) is 0.930. The first-order valence-corrected chi connectivity index (χ1v) is 6.98. The minimum Gasteiger partial charge on any atom is -0.342 e. The summed E-state index contributed by atoms with van der Waals surface area (Å²) in [6.07, 6.45) is 1.97. The molecular formula is C14H18BrNO. The maximum Gasteiger partial charge on any atom is 0.233 e. The third-order valence-electron chi connectivity index (χ3n) is 3.59. The predicted molar refractivity (Wildman–Crippen MR) is 73.0 cm³/mol. The molecule has 2 rings (SSSR count). The fourth-order valence-electron chi connectivity index (χ4n) is 2.35. The molecular weight excluding hydrogens is 278 g/mol. The standard InChI is InChI=1S/C14H18BrNO/c1-3-16(4-2)13(17)14(8-9-14)11-6-5-7-12(15)10-11/h5-7,10H,3-4,8-9H2,1-2H3. The zero-order valence-electron chi connectivity index (χ0n) is 10.4. The van der Waals surface area contributed by atoms with Crippen LogP contribution in [0.4, 0.5) is 0 Å². The van der Waals surface area contributed by atoms with Gasteiger partial charge >= 0.3 is 0 Å². The van der Waals surface area contributed by atoms with Gasteiger partial charge in [0.1, 0.15) is 0 Å². The molecule has 0 aromatic heterocycles. The van der Waals surface area contributed by atoms with Crippen LogP contribution in [0.2, 0.25) is 0 Å². The second kappa shape index (κ2) is 4.81. The van der Waals surface area contributed by atoms with Crippen molar-refractivity contribution in [1.29, 1.82) is 0 Å². The molecule has 0 saturated heterocycles. The third kappa shape index (κ3) is 2.25. The van der Waals surface area contributed by atoms with E-state index in [2.05, 4.69) is 28.1 Å². The van der Waals surface area contributed by atoms with Gasteiger partial charge in [-0.1, -0.05) is 28.1 Å². The smallest absolute Gasteiger partial charge is 0.233 e. The number of hydrogen-bond donors (Lipinski definition) is 0. The summed E-state index contributed by atoms with van der Waals surface area (Å²) in [7, 11) is 0. The molecule has 0 spiro atoms. The Balaban J connectivity index is 2.28. The van der Waals surface area contributed by atoms with Crippen molar-refractivity contribution in [2.45, 2.75) is 32.1 Å². The molecule has 2 nitrogen and oxygen atoms in total. The molecule has 1 fully saturated rings. The van der Waals surface area contributed by atoms with E-state index in [1.165, 1.54) is 0 Å². The minimum absolute atomic E-state index is 0.226. The molecule has 1 aliphatic carbocycles. The molecule has 0 heterocycles. The van der Waals surface area contributed by atoms with Gasteiger partial charge in [-0.25, -0.2) is 0 Å². The van der Waals surface area contributed by atoms with Crippen molar-refractivity contribution in [3.63, 3.8) is 0 Å². The normalized spacial score (nSPS) is 16.6. The summed E-state index contributed by atoms with van der Waals surface area (Å²) < 4.78 is 1.05. The van der Waals surface area contributed by atoms with Crippen LogP contribution < -0.4 is 0 Å². The summed E-state index contributed by atoms with van der Waals surface area (Å²) in [5, 5.41) is 0. The number of nitrogens with zero attached hydrogens (tertiary/aromatic N) is 1. The quantitative estimate of drug-likeness (QED) is 0.834. The number of hydrogen-bond acceptors (Lipinski definition) is 1. The van der Waals surface area contributed by atoms with Crippen LogP contribution >= 0.6 is 15.9 Å². The van der Waals surface area contributed by atoms with Crippen LogP contribution in [-0.4, -0.2) is 23.9 Å². The van der Waals surface area contributed by atoms with Gasteiger partial charge in [-0.3, -0.25) is 4.79 Å². The lowest BCUT2D eigenvalue weighted by atomic mass is 9.94. The van der Waals surface area contributed by atoms with Crippen LogP contribution in [0.5, 0.6) is 0 Å². The van der Waals surface area contributed by atoms with Crippen molar-refractivity contribution in [1.82, 2.24) is 4.90 Å². The number of amides is 1. The van der Waals surface area contributed by atoms with Crippen molar-refractivity contribution in [3.05, 3.63) is 34.3 Å². The van der Waals surface area contributed by atoms with Crippen molar-refractivity contribution < 1.29 is 4.79 Å². The van der Waals surface area contributed by atoms with E-state index in [0.29, 0.717) is 5.91 Å². The van der Waals surface area contributed by atoms with Crippen LogP contribution in [-0.2, 0) is 10.2 Å². The molecule has 92 valence electrons. The molecule has 1 amide bonds. The summed E-state index contributed by atoms with van der Waals surface area (Å²) in [6, 6.07) is 8.16. The van der Waals surface area contributed by atoms with Gasteiger partial charge < -0.3 is 4.90 Å². The van der Waals surface area contributed by atoms with Gasteiger partial charge in [0.25, 0.3) is 0 Å². The fraction of sp³-hybridized carbons (Fsp3) is 0.500. The number of likely N-dealkylation sites (N-methyl/N-ethyl adjacent to an activating group) is 1. The molecule has 3 heteroatoms. The highest BCUT2D eigenvalue weighted by Crippen LogP contribution is 2.50. The van der Waals surface area contributed by atoms with E-state index in [1.807, 2.05) is 30.9 Å². The van der Waals surface area contributed by atoms with Gasteiger partial charge in [-0.2, -0.15) is 0 Å². The van der Waals surface area contributed by atoms with Crippen molar-refractivity contribution in [2.24, 2.45) is 0 Å². The molecule has 0 bridgehead atoms. The lowest BCUT2D eigenvalue weighted by molar-refractivity contribution is -0.133. The van der Waals surface area contributed by atoms with E-state index in [1.54, 1.807) is 0 Å². The van der Waals surface area contributed by atoms with E-state index in [9.17, 15) is 4.79 Å². The minimum atomic E-state index is -0.226. The Morgan fingerprint density at radius 3 is 2.47 bits per heavy atom. The van der Waals surface area contributed by atoms with Crippen LogP contribution in [0.1, 0.15) is 32.3 Å². The SMILES string of the molecule is CCN(CC)C(=O)C1(c2cccc(Br)c2)CC1. The molecule has 0 aliphatic heterocycles. The number of benzene rings is 1. The summed E-state index contributed by atoms with van der Waals surface area (Å²) in [4.78, 5) is 14.5. The van der Waals surface area contributed by atoms with E-state index in [-0.39, 0.29) is 5.41 Å². The van der Waals surface area contributed by atoms with Crippen molar-refractivity contribution >= 4 is 21.8 Å². The first-order chi connectivity index (χ1) is 8.14. The van der Waals surface area contributed by atoms with Gasteiger partial charge in [0, 0.05) is 17.6 Å². The second-order valence-electron chi connectivity index (χ2n) is 4.57. The van der Waals surface area contributed by atoms with Gasteiger partial charge in [0.2, 0.25) is 5.91 Å². The predicted octanol–water partition coefficient (Wildman–Crippen LogP) is 3.35. The number of carbonyl (C=O) groups excluding carboxylic acids is 1. The number of halogens is 1. The first kappa shape index (κ1) is 12.6. The highest BCUT2D eigenvalue weighted by Gasteiger charge is 2.52. The highest BCUT2D eigenvalue weighted by atomic mass is 79.9. The molecule has 0 radical (unpaired) electrons.